The molecule has 1 unspecified atom stereocenters. The standard InChI is InChI=1S/C22H26ClN3O4/c23-19-15-17(10-11-20(27)26-30-21-9-4-5-13-29-21)16-25-22(19)24-12-6-14-28-18-7-2-1-3-8-18/h1-3,7-8,10-11,15-16,21H,4-6,9,12-14H2,(H,24,25)(H,26,27)/b11-10+. The summed E-state index contributed by atoms with van der Waals surface area (Å²) < 4.78 is 11.0. The summed E-state index contributed by atoms with van der Waals surface area (Å²) in [6, 6.07) is 11.4. The van der Waals surface area contributed by atoms with Crippen LogP contribution < -0.4 is 15.5 Å². The van der Waals surface area contributed by atoms with E-state index in [0.29, 0.717) is 36.2 Å². The molecule has 0 bridgehead atoms. The number of halogens is 1. The van der Waals surface area contributed by atoms with E-state index < -0.39 is 0 Å². The van der Waals surface area contributed by atoms with Crippen LogP contribution in [-0.2, 0) is 14.4 Å². The normalized spacial score (nSPS) is 16.4. The third-order valence-corrected chi connectivity index (χ3v) is 4.63. The summed E-state index contributed by atoms with van der Waals surface area (Å²) >= 11 is 6.28. The topological polar surface area (TPSA) is 81.7 Å². The zero-order valence-electron chi connectivity index (χ0n) is 16.7. The molecular formula is C22H26ClN3O4. The summed E-state index contributed by atoms with van der Waals surface area (Å²) in [5, 5.41) is 3.67. The maximum Gasteiger partial charge on any atom is 0.267 e. The molecule has 8 heteroatoms. The highest BCUT2D eigenvalue weighted by Gasteiger charge is 2.14. The molecule has 3 rings (SSSR count). The third kappa shape index (κ3) is 7.67. The van der Waals surface area contributed by atoms with Gasteiger partial charge in [-0.3, -0.25) is 4.79 Å². The van der Waals surface area contributed by atoms with Crippen LogP contribution in [-0.4, -0.2) is 36.9 Å². The van der Waals surface area contributed by atoms with Gasteiger partial charge in [0, 0.05) is 31.8 Å². The van der Waals surface area contributed by atoms with Crippen molar-refractivity contribution in [1.82, 2.24) is 10.5 Å². The fraction of sp³-hybridized carbons (Fsp3) is 0.364. The summed E-state index contributed by atoms with van der Waals surface area (Å²) in [6.07, 6.45) is 7.88. The molecule has 0 aliphatic carbocycles. The fourth-order valence-electron chi connectivity index (χ4n) is 2.79. The lowest BCUT2D eigenvalue weighted by molar-refractivity contribution is -0.198. The van der Waals surface area contributed by atoms with Crippen LogP contribution in [0, 0.1) is 0 Å². The number of ether oxygens (including phenoxy) is 2. The van der Waals surface area contributed by atoms with E-state index >= 15 is 0 Å². The van der Waals surface area contributed by atoms with Crippen molar-refractivity contribution in [2.45, 2.75) is 32.0 Å². The maximum atomic E-state index is 11.9. The van der Waals surface area contributed by atoms with Crippen molar-refractivity contribution in [1.29, 1.82) is 0 Å². The van der Waals surface area contributed by atoms with E-state index in [2.05, 4.69) is 15.8 Å². The highest BCUT2D eigenvalue weighted by Crippen LogP contribution is 2.21. The van der Waals surface area contributed by atoms with E-state index in [4.69, 9.17) is 25.9 Å². The van der Waals surface area contributed by atoms with Crippen LogP contribution >= 0.6 is 11.6 Å². The molecule has 0 spiro atoms. The molecule has 0 saturated carbocycles. The number of nitrogens with zero attached hydrogens (tertiary/aromatic N) is 1. The van der Waals surface area contributed by atoms with Crippen molar-refractivity contribution in [2.24, 2.45) is 0 Å². The number of anilines is 1. The molecule has 1 aromatic carbocycles. The minimum Gasteiger partial charge on any atom is -0.494 e. The van der Waals surface area contributed by atoms with Gasteiger partial charge in [0.1, 0.15) is 11.6 Å². The number of pyridine rings is 1. The molecule has 0 radical (unpaired) electrons. The molecular weight excluding hydrogens is 406 g/mol. The van der Waals surface area contributed by atoms with Crippen LogP contribution in [0.3, 0.4) is 0 Å². The largest absolute Gasteiger partial charge is 0.494 e. The average molecular weight is 432 g/mol. The highest BCUT2D eigenvalue weighted by molar-refractivity contribution is 6.33. The first-order chi connectivity index (χ1) is 14.7. The lowest BCUT2D eigenvalue weighted by Gasteiger charge is -2.21. The number of nitrogens with one attached hydrogen (secondary N) is 2. The number of hydrogen-bond donors (Lipinski definition) is 2. The number of carbonyl (C=O) groups excluding carboxylic acids is 1. The van der Waals surface area contributed by atoms with Gasteiger partial charge in [-0.15, -0.1) is 0 Å². The number of amides is 1. The number of rotatable bonds is 10. The second-order valence-electron chi connectivity index (χ2n) is 6.75. The Hall–Kier alpha value is -2.61. The molecule has 2 aromatic rings. The first-order valence-corrected chi connectivity index (χ1v) is 10.4. The third-order valence-electron chi connectivity index (χ3n) is 4.34. The molecule has 1 aliphatic rings. The predicted octanol–water partition coefficient (Wildman–Crippen LogP) is 4.20. The molecule has 1 aromatic heterocycles. The summed E-state index contributed by atoms with van der Waals surface area (Å²) in [5.74, 6) is 1.07. The molecule has 1 aliphatic heterocycles. The second kappa shape index (κ2) is 12.2. The number of benzene rings is 1. The Labute approximate surface area is 181 Å². The molecule has 2 heterocycles. The Morgan fingerprint density at radius 2 is 2.17 bits per heavy atom. The van der Waals surface area contributed by atoms with Crippen LogP contribution in [0.1, 0.15) is 31.2 Å². The highest BCUT2D eigenvalue weighted by atomic mass is 35.5. The molecule has 1 atom stereocenters. The zero-order valence-corrected chi connectivity index (χ0v) is 17.4. The minimum atomic E-state index is -0.379. The smallest absolute Gasteiger partial charge is 0.267 e. The van der Waals surface area contributed by atoms with Gasteiger partial charge in [-0.05, 0) is 49.1 Å². The SMILES string of the molecule is O=C(/C=C/c1cnc(NCCCOc2ccccc2)c(Cl)c1)NOC1CCCCO1. The minimum absolute atomic E-state index is 0.374. The maximum absolute atomic E-state index is 11.9. The van der Waals surface area contributed by atoms with E-state index in [1.807, 2.05) is 30.3 Å². The van der Waals surface area contributed by atoms with Crippen LogP contribution in [0.25, 0.3) is 6.08 Å². The van der Waals surface area contributed by atoms with Gasteiger partial charge < -0.3 is 14.8 Å². The Balaban J connectivity index is 1.37. The Morgan fingerprint density at radius 3 is 2.93 bits per heavy atom. The number of para-hydroxylation sites is 1. The number of aromatic nitrogens is 1. The van der Waals surface area contributed by atoms with Gasteiger partial charge in [-0.25, -0.2) is 15.3 Å². The van der Waals surface area contributed by atoms with Gasteiger partial charge in [-0.1, -0.05) is 29.8 Å². The van der Waals surface area contributed by atoms with Crippen molar-refractivity contribution in [2.75, 3.05) is 25.1 Å². The Kier molecular flexibility index (Phi) is 8.96. The number of carbonyl (C=O) groups is 1. The van der Waals surface area contributed by atoms with Crippen molar-refractivity contribution >= 4 is 29.4 Å². The van der Waals surface area contributed by atoms with Crippen molar-refractivity contribution in [3.05, 3.63) is 59.3 Å². The predicted molar refractivity (Wildman–Crippen MR) is 116 cm³/mol. The Bertz CT molecular complexity index is 826. The first kappa shape index (κ1) is 22.1. The zero-order chi connectivity index (χ0) is 21.0. The molecule has 1 fully saturated rings. The lowest BCUT2D eigenvalue weighted by atomic mass is 10.2. The molecule has 7 nitrogen and oxygen atoms in total. The average Bonchev–Trinajstić information content (AvgIpc) is 2.78. The summed E-state index contributed by atoms with van der Waals surface area (Å²) in [6.45, 7) is 1.93. The summed E-state index contributed by atoms with van der Waals surface area (Å²) in [5.41, 5.74) is 3.08. The molecule has 2 N–H and O–H groups in total. The van der Waals surface area contributed by atoms with Crippen molar-refractivity contribution < 1.29 is 19.1 Å². The van der Waals surface area contributed by atoms with Gasteiger partial charge in [0.25, 0.3) is 5.91 Å². The second-order valence-corrected chi connectivity index (χ2v) is 7.16. The van der Waals surface area contributed by atoms with Gasteiger partial charge in [0.05, 0.1) is 11.6 Å². The van der Waals surface area contributed by atoms with E-state index in [-0.39, 0.29) is 12.2 Å². The summed E-state index contributed by atoms with van der Waals surface area (Å²) in [7, 11) is 0. The molecule has 30 heavy (non-hydrogen) atoms. The molecule has 1 saturated heterocycles. The van der Waals surface area contributed by atoms with E-state index in [1.165, 1.54) is 6.08 Å². The van der Waals surface area contributed by atoms with Gasteiger partial charge >= 0.3 is 0 Å². The Morgan fingerprint density at radius 1 is 1.30 bits per heavy atom. The summed E-state index contributed by atoms with van der Waals surface area (Å²) in [4.78, 5) is 21.4. The molecule has 1 amide bonds. The number of hydrogen-bond acceptors (Lipinski definition) is 6. The van der Waals surface area contributed by atoms with E-state index in [1.54, 1.807) is 18.3 Å². The number of hydroxylamine groups is 1. The van der Waals surface area contributed by atoms with Crippen LogP contribution in [0.2, 0.25) is 5.02 Å². The van der Waals surface area contributed by atoms with Crippen LogP contribution in [0.4, 0.5) is 5.82 Å². The van der Waals surface area contributed by atoms with Gasteiger partial charge in [0.15, 0.2) is 6.29 Å². The van der Waals surface area contributed by atoms with Gasteiger partial charge in [-0.2, -0.15) is 0 Å². The van der Waals surface area contributed by atoms with E-state index in [0.717, 1.165) is 31.4 Å². The van der Waals surface area contributed by atoms with Crippen LogP contribution in [0.15, 0.2) is 48.7 Å². The molecule has 160 valence electrons. The monoisotopic (exact) mass is 431 g/mol. The van der Waals surface area contributed by atoms with Crippen molar-refractivity contribution in [3.63, 3.8) is 0 Å². The van der Waals surface area contributed by atoms with Crippen LogP contribution in [0.5, 0.6) is 5.75 Å². The fourth-order valence-corrected chi connectivity index (χ4v) is 3.04. The quantitative estimate of drug-likeness (QED) is 0.333. The van der Waals surface area contributed by atoms with E-state index in [9.17, 15) is 4.79 Å². The van der Waals surface area contributed by atoms with Crippen molar-refractivity contribution in [3.8, 4) is 5.75 Å². The first-order valence-electron chi connectivity index (χ1n) is 10.0. The lowest BCUT2D eigenvalue weighted by Crippen LogP contribution is -2.32. The van der Waals surface area contributed by atoms with Gasteiger partial charge in [0.2, 0.25) is 0 Å².